The fourth-order valence-electron chi connectivity index (χ4n) is 3.67. The predicted octanol–water partition coefficient (Wildman–Crippen LogP) is 3.23. The highest BCUT2D eigenvalue weighted by molar-refractivity contribution is 9.10. The second kappa shape index (κ2) is 7.12. The maximum absolute atomic E-state index is 3.65. The first-order valence-electron chi connectivity index (χ1n) is 8.26. The van der Waals surface area contributed by atoms with E-state index in [0.29, 0.717) is 0 Å². The largest absolute Gasteiger partial charge is 0.370 e. The number of rotatable bonds is 4. The first kappa shape index (κ1) is 15.3. The summed E-state index contributed by atoms with van der Waals surface area (Å²) in [6, 6.07) is 7.49. The highest BCUT2D eigenvalue weighted by atomic mass is 79.9. The van der Waals surface area contributed by atoms with Crippen LogP contribution >= 0.6 is 15.9 Å². The number of hydrogen-bond acceptors (Lipinski definition) is 3. The van der Waals surface area contributed by atoms with Gasteiger partial charge in [0.25, 0.3) is 0 Å². The van der Waals surface area contributed by atoms with Crippen LogP contribution in [0.1, 0.15) is 31.7 Å². The van der Waals surface area contributed by atoms with E-state index in [1.54, 1.807) is 0 Å². The minimum Gasteiger partial charge on any atom is -0.370 e. The zero-order valence-electron chi connectivity index (χ0n) is 12.9. The first-order valence-corrected chi connectivity index (χ1v) is 9.05. The first-order chi connectivity index (χ1) is 10.3. The van der Waals surface area contributed by atoms with Crippen LogP contribution in [0, 0.1) is 0 Å². The number of halogens is 1. The van der Waals surface area contributed by atoms with Crippen molar-refractivity contribution in [2.75, 3.05) is 37.6 Å². The normalized spacial score (nSPS) is 23.1. The van der Waals surface area contributed by atoms with Crippen molar-refractivity contribution in [2.24, 2.45) is 0 Å². The van der Waals surface area contributed by atoms with Crippen molar-refractivity contribution in [2.45, 2.75) is 38.8 Å². The van der Waals surface area contributed by atoms with Crippen LogP contribution in [0.2, 0.25) is 0 Å². The minimum absolute atomic E-state index is 0.762. The van der Waals surface area contributed by atoms with Gasteiger partial charge >= 0.3 is 0 Å². The molecule has 4 heteroatoms. The average Bonchev–Trinajstić information content (AvgIpc) is 2.83. The molecule has 21 heavy (non-hydrogen) atoms. The van der Waals surface area contributed by atoms with Gasteiger partial charge in [-0.25, -0.2) is 0 Å². The van der Waals surface area contributed by atoms with Crippen molar-refractivity contribution in [1.29, 1.82) is 0 Å². The fraction of sp³-hybridized carbons (Fsp3) is 0.647. The molecule has 1 N–H and O–H groups in total. The fourth-order valence-corrected chi connectivity index (χ4v) is 4.01. The van der Waals surface area contributed by atoms with Crippen LogP contribution in [0.4, 0.5) is 5.69 Å². The van der Waals surface area contributed by atoms with E-state index >= 15 is 0 Å². The van der Waals surface area contributed by atoms with Gasteiger partial charge in [-0.15, -0.1) is 0 Å². The van der Waals surface area contributed by atoms with Gasteiger partial charge in [0.2, 0.25) is 0 Å². The van der Waals surface area contributed by atoms with Crippen molar-refractivity contribution in [3.8, 4) is 0 Å². The van der Waals surface area contributed by atoms with Gasteiger partial charge in [0.1, 0.15) is 0 Å². The molecule has 2 aliphatic heterocycles. The lowest BCUT2D eigenvalue weighted by atomic mass is 10.1. The molecule has 1 unspecified atom stereocenters. The molecule has 2 aliphatic rings. The maximum atomic E-state index is 3.65. The van der Waals surface area contributed by atoms with Crippen LogP contribution in [0.5, 0.6) is 0 Å². The van der Waals surface area contributed by atoms with Crippen LogP contribution in [-0.4, -0.2) is 43.7 Å². The van der Waals surface area contributed by atoms with E-state index in [9.17, 15) is 0 Å². The summed E-state index contributed by atoms with van der Waals surface area (Å²) in [6.07, 6.45) is 4.03. The lowest BCUT2D eigenvalue weighted by molar-refractivity contribution is 0.273. The number of hydrogen-bond donors (Lipinski definition) is 1. The van der Waals surface area contributed by atoms with Crippen molar-refractivity contribution >= 4 is 21.6 Å². The highest BCUT2D eigenvalue weighted by Gasteiger charge is 2.29. The van der Waals surface area contributed by atoms with Crippen LogP contribution in [0.15, 0.2) is 22.7 Å². The Morgan fingerprint density at radius 2 is 2.10 bits per heavy atom. The molecule has 0 spiro atoms. The van der Waals surface area contributed by atoms with Gasteiger partial charge in [-0.05, 0) is 50.0 Å². The van der Waals surface area contributed by atoms with E-state index in [2.05, 4.69) is 56.2 Å². The molecule has 0 bridgehead atoms. The number of benzene rings is 1. The molecule has 2 saturated heterocycles. The number of anilines is 1. The zero-order chi connectivity index (χ0) is 14.7. The lowest BCUT2D eigenvalue weighted by Crippen LogP contribution is -2.37. The van der Waals surface area contributed by atoms with Crippen molar-refractivity contribution in [1.82, 2.24) is 10.2 Å². The number of nitrogens with zero attached hydrogens (tertiary/aromatic N) is 2. The summed E-state index contributed by atoms with van der Waals surface area (Å²) < 4.78 is 1.19. The summed E-state index contributed by atoms with van der Waals surface area (Å²) in [5.74, 6) is 0. The molecule has 2 fully saturated rings. The summed E-state index contributed by atoms with van der Waals surface area (Å²) in [7, 11) is 0. The molecule has 116 valence electrons. The van der Waals surface area contributed by atoms with E-state index in [-0.39, 0.29) is 0 Å². The van der Waals surface area contributed by atoms with Gasteiger partial charge in [-0.2, -0.15) is 0 Å². The summed E-state index contributed by atoms with van der Waals surface area (Å²) in [5.41, 5.74) is 2.84. The van der Waals surface area contributed by atoms with E-state index in [0.717, 1.165) is 19.1 Å². The van der Waals surface area contributed by atoms with Crippen LogP contribution in [0.3, 0.4) is 0 Å². The monoisotopic (exact) mass is 351 g/mol. The van der Waals surface area contributed by atoms with Gasteiger partial charge in [-0.1, -0.05) is 28.9 Å². The molecular formula is C17H26BrN3. The molecule has 0 saturated carbocycles. The standard InChI is InChI=1S/C17H26BrN3/c1-2-19-12-14-6-7-15(18)11-17(14)21-10-4-9-20-8-3-5-16(20)13-21/h6-7,11,16,19H,2-5,8-10,12-13H2,1H3. The highest BCUT2D eigenvalue weighted by Crippen LogP contribution is 2.29. The molecule has 1 aromatic rings. The Balaban J connectivity index is 1.82. The summed E-state index contributed by atoms with van der Waals surface area (Å²) in [4.78, 5) is 5.31. The van der Waals surface area contributed by atoms with Crippen LogP contribution in [-0.2, 0) is 6.54 Å². The Kier molecular flexibility index (Phi) is 5.19. The Morgan fingerprint density at radius 3 is 2.95 bits per heavy atom. The van der Waals surface area contributed by atoms with Crippen molar-refractivity contribution in [3.63, 3.8) is 0 Å². The number of nitrogens with one attached hydrogen (secondary N) is 1. The molecule has 3 nitrogen and oxygen atoms in total. The Hall–Kier alpha value is -0.580. The molecule has 0 aliphatic carbocycles. The molecule has 1 aromatic carbocycles. The summed E-state index contributed by atoms with van der Waals surface area (Å²) in [5, 5.41) is 3.47. The topological polar surface area (TPSA) is 18.5 Å². The smallest absolute Gasteiger partial charge is 0.0423 e. The minimum atomic E-state index is 0.762. The molecule has 0 radical (unpaired) electrons. The van der Waals surface area contributed by atoms with Gasteiger partial charge in [0, 0.05) is 42.4 Å². The second-order valence-corrected chi connectivity index (χ2v) is 7.10. The van der Waals surface area contributed by atoms with E-state index in [1.807, 2.05) is 0 Å². The van der Waals surface area contributed by atoms with Gasteiger partial charge < -0.3 is 10.2 Å². The van der Waals surface area contributed by atoms with Gasteiger partial charge in [0.15, 0.2) is 0 Å². The van der Waals surface area contributed by atoms with Gasteiger partial charge in [-0.3, -0.25) is 4.90 Å². The Labute approximate surface area is 136 Å². The molecular weight excluding hydrogens is 326 g/mol. The van der Waals surface area contributed by atoms with E-state index in [4.69, 9.17) is 0 Å². The third-order valence-electron chi connectivity index (χ3n) is 4.76. The molecule has 1 atom stereocenters. The van der Waals surface area contributed by atoms with Crippen LogP contribution < -0.4 is 10.2 Å². The maximum Gasteiger partial charge on any atom is 0.0423 e. The average molecular weight is 352 g/mol. The number of fused-ring (bicyclic) bond motifs is 1. The second-order valence-electron chi connectivity index (χ2n) is 6.18. The third kappa shape index (κ3) is 3.61. The predicted molar refractivity (Wildman–Crippen MR) is 92.9 cm³/mol. The molecule has 0 aromatic heterocycles. The SMILES string of the molecule is CCNCc1ccc(Br)cc1N1CCCN2CCCC2C1. The van der Waals surface area contributed by atoms with Crippen molar-refractivity contribution < 1.29 is 0 Å². The zero-order valence-corrected chi connectivity index (χ0v) is 14.5. The Bertz CT molecular complexity index is 477. The van der Waals surface area contributed by atoms with E-state index < -0.39 is 0 Å². The summed E-state index contributed by atoms with van der Waals surface area (Å²) >= 11 is 3.65. The Morgan fingerprint density at radius 1 is 1.24 bits per heavy atom. The van der Waals surface area contributed by atoms with Crippen LogP contribution in [0.25, 0.3) is 0 Å². The van der Waals surface area contributed by atoms with Crippen molar-refractivity contribution in [3.05, 3.63) is 28.2 Å². The third-order valence-corrected chi connectivity index (χ3v) is 5.25. The molecule has 0 amide bonds. The molecule has 3 rings (SSSR count). The summed E-state index contributed by atoms with van der Waals surface area (Å²) in [6.45, 7) is 9.11. The lowest BCUT2D eigenvalue weighted by Gasteiger charge is -2.29. The van der Waals surface area contributed by atoms with Gasteiger partial charge in [0.05, 0.1) is 0 Å². The van der Waals surface area contributed by atoms with E-state index in [1.165, 1.54) is 61.2 Å². The molecule has 2 heterocycles. The quantitative estimate of drug-likeness (QED) is 0.898.